The van der Waals surface area contributed by atoms with E-state index >= 15 is 0 Å². The number of benzene rings is 1. The van der Waals surface area contributed by atoms with Crippen LogP contribution in [0.1, 0.15) is 28.8 Å². The SMILES string of the molecule is O=Cc1ccccc1C1(O)CCCSC1. The van der Waals surface area contributed by atoms with Gasteiger partial charge in [-0.2, -0.15) is 11.8 Å². The van der Waals surface area contributed by atoms with Gasteiger partial charge in [-0.15, -0.1) is 0 Å². The Morgan fingerprint density at radius 2 is 2.20 bits per heavy atom. The fraction of sp³-hybridized carbons (Fsp3) is 0.417. The van der Waals surface area contributed by atoms with Gasteiger partial charge in [-0.1, -0.05) is 24.3 Å². The number of carbonyl (C=O) groups excluding carboxylic acids is 1. The molecule has 1 aliphatic heterocycles. The van der Waals surface area contributed by atoms with E-state index < -0.39 is 5.60 Å². The number of rotatable bonds is 2. The molecule has 1 heterocycles. The maximum Gasteiger partial charge on any atom is 0.150 e. The molecule has 0 saturated carbocycles. The van der Waals surface area contributed by atoms with E-state index in [9.17, 15) is 9.90 Å². The van der Waals surface area contributed by atoms with Crippen LogP contribution in [0.15, 0.2) is 24.3 Å². The van der Waals surface area contributed by atoms with E-state index in [0.29, 0.717) is 11.3 Å². The Labute approximate surface area is 93.7 Å². The summed E-state index contributed by atoms with van der Waals surface area (Å²) in [7, 11) is 0. The van der Waals surface area contributed by atoms with Gasteiger partial charge in [0.15, 0.2) is 0 Å². The largest absolute Gasteiger partial charge is 0.384 e. The van der Waals surface area contributed by atoms with E-state index in [4.69, 9.17) is 0 Å². The maximum atomic E-state index is 10.9. The van der Waals surface area contributed by atoms with Crippen LogP contribution in [0, 0.1) is 0 Å². The van der Waals surface area contributed by atoms with Gasteiger partial charge < -0.3 is 5.11 Å². The average Bonchev–Trinajstić information content (AvgIpc) is 2.30. The molecule has 1 atom stereocenters. The minimum absolute atomic E-state index is 0.613. The topological polar surface area (TPSA) is 37.3 Å². The van der Waals surface area contributed by atoms with Crippen LogP contribution in [0.3, 0.4) is 0 Å². The van der Waals surface area contributed by atoms with Crippen molar-refractivity contribution in [3.8, 4) is 0 Å². The summed E-state index contributed by atoms with van der Waals surface area (Å²) in [5.41, 5.74) is 0.593. The molecule has 1 saturated heterocycles. The van der Waals surface area contributed by atoms with Gasteiger partial charge in [-0.3, -0.25) is 4.79 Å². The highest BCUT2D eigenvalue weighted by atomic mass is 32.2. The van der Waals surface area contributed by atoms with E-state index in [-0.39, 0.29) is 0 Å². The van der Waals surface area contributed by atoms with Gasteiger partial charge in [0.05, 0.1) is 5.60 Å². The lowest BCUT2D eigenvalue weighted by Crippen LogP contribution is -2.33. The zero-order chi connectivity index (χ0) is 10.7. The van der Waals surface area contributed by atoms with Gasteiger partial charge in [0, 0.05) is 11.3 Å². The zero-order valence-corrected chi connectivity index (χ0v) is 9.30. The summed E-state index contributed by atoms with van der Waals surface area (Å²) in [6, 6.07) is 7.32. The third-order valence-electron chi connectivity index (χ3n) is 2.81. The lowest BCUT2D eigenvalue weighted by molar-refractivity contribution is 0.0486. The molecule has 3 heteroatoms. The Balaban J connectivity index is 2.38. The molecule has 1 aliphatic rings. The summed E-state index contributed by atoms with van der Waals surface area (Å²) in [6.45, 7) is 0. The number of thioether (sulfide) groups is 1. The number of hydrogen-bond acceptors (Lipinski definition) is 3. The van der Waals surface area contributed by atoms with Crippen molar-refractivity contribution in [2.45, 2.75) is 18.4 Å². The third-order valence-corrected chi connectivity index (χ3v) is 4.07. The van der Waals surface area contributed by atoms with E-state index in [1.54, 1.807) is 17.8 Å². The first-order valence-electron chi connectivity index (χ1n) is 5.11. The molecular weight excluding hydrogens is 208 g/mol. The molecule has 1 aromatic rings. The molecule has 80 valence electrons. The van der Waals surface area contributed by atoms with Gasteiger partial charge in [-0.05, 0) is 24.2 Å². The molecule has 0 spiro atoms. The summed E-state index contributed by atoms with van der Waals surface area (Å²) >= 11 is 1.75. The molecule has 1 aromatic carbocycles. The minimum atomic E-state index is -0.805. The lowest BCUT2D eigenvalue weighted by atomic mass is 9.88. The van der Waals surface area contributed by atoms with Crippen LogP contribution in [0.5, 0.6) is 0 Å². The van der Waals surface area contributed by atoms with Crippen LogP contribution >= 0.6 is 11.8 Å². The Morgan fingerprint density at radius 1 is 1.40 bits per heavy atom. The number of aldehydes is 1. The molecule has 0 amide bonds. The van der Waals surface area contributed by atoms with Crippen LogP contribution in [-0.4, -0.2) is 22.9 Å². The predicted octanol–water partition coefficient (Wildman–Crippen LogP) is 2.21. The molecule has 0 radical (unpaired) electrons. The van der Waals surface area contributed by atoms with Crippen molar-refractivity contribution < 1.29 is 9.90 Å². The van der Waals surface area contributed by atoms with Gasteiger partial charge in [0.25, 0.3) is 0 Å². The van der Waals surface area contributed by atoms with Gasteiger partial charge in [0.2, 0.25) is 0 Å². The molecule has 0 aliphatic carbocycles. The molecule has 15 heavy (non-hydrogen) atoms. The number of hydrogen-bond donors (Lipinski definition) is 1. The normalized spacial score (nSPS) is 26.2. The number of carbonyl (C=O) groups is 1. The van der Waals surface area contributed by atoms with Crippen molar-refractivity contribution >= 4 is 18.0 Å². The van der Waals surface area contributed by atoms with Crippen LogP contribution < -0.4 is 0 Å². The lowest BCUT2D eigenvalue weighted by Gasteiger charge is -2.32. The molecule has 2 rings (SSSR count). The number of aliphatic hydroxyl groups is 1. The van der Waals surface area contributed by atoms with E-state index in [1.165, 1.54) is 0 Å². The Bertz CT molecular complexity index is 356. The van der Waals surface area contributed by atoms with Crippen molar-refractivity contribution in [2.75, 3.05) is 11.5 Å². The predicted molar refractivity (Wildman–Crippen MR) is 62.3 cm³/mol. The monoisotopic (exact) mass is 222 g/mol. The third kappa shape index (κ3) is 2.08. The summed E-state index contributed by atoms with van der Waals surface area (Å²) in [6.07, 6.45) is 2.59. The smallest absolute Gasteiger partial charge is 0.150 e. The molecule has 1 N–H and O–H groups in total. The second-order valence-corrected chi connectivity index (χ2v) is 5.00. The molecule has 2 nitrogen and oxygen atoms in total. The van der Waals surface area contributed by atoms with Crippen molar-refractivity contribution in [1.29, 1.82) is 0 Å². The van der Waals surface area contributed by atoms with Crippen LogP contribution in [0.25, 0.3) is 0 Å². The highest BCUT2D eigenvalue weighted by Gasteiger charge is 2.33. The highest BCUT2D eigenvalue weighted by Crippen LogP contribution is 2.36. The quantitative estimate of drug-likeness (QED) is 0.780. The summed E-state index contributed by atoms with van der Waals surface area (Å²) < 4.78 is 0. The van der Waals surface area contributed by atoms with E-state index in [0.717, 1.165) is 30.4 Å². The van der Waals surface area contributed by atoms with Crippen molar-refractivity contribution in [1.82, 2.24) is 0 Å². The molecule has 1 unspecified atom stereocenters. The molecular formula is C12H14O2S. The maximum absolute atomic E-state index is 10.9. The fourth-order valence-corrected chi connectivity index (χ4v) is 3.15. The molecule has 1 fully saturated rings. The highest BCUT2D eigenvalue weighted by molar-refractivity contribution is 7.99. The fourth-order valence-electron chi connectivity index (χ4n) is 2.02. The van der Waals surface area contributed by atoms with E-state index in [1.807, 2.05) is 18.2 Å². The summed E-state index contributed by atoms with van der Waals surface area (Å²) in [4.78, 5) is 10.9. The van der Waals surface area contributed by atoms with Crippen molar-refractivity contribution in [3.63, 3.8) is 0 Å². The standard InChI is InChI=1S/C12H14O2S/c13-8-10-4-1-2-5-11(10)12(14)6-3-7-15-9-12/h1-2,4-5,8,14H,3,6-7,9H2. The van der Waals surface area contributed by atoms with E-state index in [2.05, 4.69) is 0 Å². The Hall–Kier alpha value is -0.800. The first-order chi connectivity index (χ1) is 7.26. The summed E-state index contributed by atoms with van der Waals surface area (Å²) in [5.74, 6) is 1.80. The Kier molecular flexibility index (Phi) is 3.12. The van der Waals surface area contributed by atoms with Crippen molar-refractivity contribution in [3.05, 3.63) is 35.4 Å². The van der Waals surface area contributed by atoms with Gasteiger partial charge in [-0.25, -0.2) is 0 Å². The summed E-state index contributed by atoms with van der Waals surface area (Å²) in [5, 5.41) is 10.5. The van der Waals surface area contributed by atoms with Crippen LogP contribution in [-0.2, 0) is 5.60 Å². The Morgan fingerprint density at radius 3 is 2.87 bits per heavy atom. The van der Waals surface area contributed by atoms with Crippen LogP contribution in [0.4, 0.5) is 0 Å². The first kappa shape index (κ1) is 10.7. The second kappa shape index (κ2) is 4.37. The van der Waals surface area contributed by atoms with Crippen molar-refractivity contribution in [2.24, 2.45) is 0 Å². The molecule has 0 aromatic heterocycles. The zero-order valence-electron chi connectivity index (χ0n) is 8.48. The molecule has 0 bridgehead atoms. The van der Waals surface area contributed by atoms with Gasteiger partial charge in [0.1, 0.15) is 6.29 Å². The first-order valence-corrected chi connectivity index (χ1v) is 6.26. The van der Waals surface area contributed by atoms with Crippen LogP contribution in [0.2, 0.25) is 0 Å². The second-order valence-electron chi connectivity index (χ2n) is 3.89. The van der Waals surface area contributed by atoms with Gasteiger partial charge >= 0.3 is 0 Å². The minimum Gasteiger partial charge on any atom is -0.384 e. The average molecular weight is 222 g/mol.